The molecular weight excluding hydrogens is 360 g/mol. The highest BCUT2D eigenvalue weighted by Gasteiger charge is 2.54. The lowest BCUT2D eigenvalue weighted by Crippen LogP contribution is -2.53. The number of nitrogens with two attached hydrogens (primary N) is 1. The number of hydrogen-bond acceptors (Lipinski definition) is 7. The second-order valence-electron chi connectivity index (χ2n) is 6.27. The van der Waals surface area contributed by atoms with Crippen LogP contribution >= 0.6 is 23.5 Å². The number of carboxylic acids is 1. The summed E-state index contributed by atoms with van der Waals surface area (Å²) in [6.07, 6.45) is 1.67. The first kappa shape index (κ1) is 18.6. The summed E-state index contributed by atoms with van der Waals surface area (Å²) in [4.78, 5) is 24.0. The first-order valence-corrected chi connectivity index (χ1v) is 10.3. The van der Waals surface area contributed by atoms with Crippen molar-refractivity contribution < 1.29 is 19.4 Å². The highest BCUT2D eigenvalue weighted by Crippen LogP contribution is 2.48. The van der Waals surface area contributed by atoms with Gasteiger partial charge in [0.25, 0.3) is 0 Å². The van der Waals surface area contributed by atoms with Crippen LogP contribution in [-0.4, -0.2) is 50.8 Å². The van der Waals surface area contributed by atoms with Crippen LogP contribution < -0.4 is 11.1 Å². The summed E-state index contributed by atoms with van der Waals surface area (Å²) in [5.74, 6) is 0.505. The molecule has 1 aromatic carbocycles. The maximum atomic E-state index is 12.7. The molecule has 6 nitrogen and oxygen atoms in total. The highest BCUT2D eigenvalue weighted by molar-refractivity contribution is 8.02. The Bertz CT molecular complexity index is 622. The van der Waals surface area contributed by atoms with E-state index >= 15 is 0 Å². The zero-order valence-corrected chi connectivity index (χ0v) is 15.4. The van der Waals surface area contributed by atoms with E-state index in [1.165, 1.54) is 11.8 Å². The summed E-state index contributed by atoms with van der Waals surface area (Å²) >= 11 is 3.35. The zero-order chi connectivity index (χ0) is 17.9. The molecule has 0 bridgehead atoms. The van der Waals surface area contributed by atoms with Gasteiger partial charge in [-0.05, 0) is 29.9 Å². The van der Waals surface area contributed by atoms with Crippen LogP contribution in [0.4, 0.5) is 0 Å². The summed E-state index contributed by atoms with van der Waals surface area (Å²) < 4.78 is 5.18. The van der Waals surface area contributed by atoms with Crippen LogP contribution in [0, 0.1) is 0 Å². The van der Waals surface area contributed by atoms with E-state index in [1.807, 2.05) is 42.1 Å². The molecule has 136 valence electrons. The second kappa shape index (κ2) is 7.99. The first-order chi connectivity index (χ1) is 12.0. The maximum absolute atomic E-state index is 12.7. The standard InChI is InChI=1S/C17H22N2O4S2/c18-12(15(20)21)14-19-13(17(25-14)6-8-24-9-7-17)16(22)23-10-11-4-2-1-3-5-11/h1-5,12-14,19H,6-10,18H2,(H,20,21). The Labute approximate surface area is 155 Å². The van der Waals surface area contributed by atoms with E-state index in [1.54, 1.807) is 0 Å². The van der Waals surface area contributed by atoms with Gasteiger partial charge in [0, 0.05) is 4.75 Å². The van der Waals surface area contributed by atoms with E-state index in [9.17, 15) is 14.7 Å². The zero-order valence-electron chi connectivity index (χ0n) is 13.7. The topological polar surface area (TPSA) is 102 Å². The number of thioether (sulfide) groups is 2. The van der Waals surface area contributed by atoms with Crippen LogP contribution in [-0.2, 0) is 20.9 Å². The molecule has 0 aliphatic carbocycles. The van der Waals surface area contributed by atoms with Crippen LogP contribution in [0.3, 0.4) is 0 Å². The molecule has 3 atom stereocenters. The molecule has 3 unspecified atom stereocenters. The second-order valence-corrected chi connectivity index (χ2v) is 9.05. The molecule has 1 aromatic rings. The molecule has 2 aliphatic heterocycles. The molecule has 2 fully saturated rings. The van der Waals surface area contributed by atoms with E-state index in [0.29, 0.717) is 0 Å². The summed E-state index contributed by atoms with van der Waals surface area (Å²) in [5, 5.41) is 11.9. The fourth-order valence-corrected chi connectivity index (χ4v) is 6.39. The van der Waals surface area contributed by atoms with Gasteiger partial charge in [-0.15, -0.1) is 11.8 Å². The lowest BCUT2D eigenvalue weighted by atomic mass is 9.92. The van der Waals surface area contributed by atoms with Crippen molar-refractivity contribution in [3.05, 3.63) is 35.9 Å². The SMILES string of the molecule is NC(C(=O)O)C1NC(C(=O)OCc2ccccc2)C2(CCSCC2)S1. The summed E-state index contributed by atoms with van der Waals surface area (Å²) in [6, 6.07) is 7.93. The average Bonchev–Trinajstić information content (AvgIpc) is 2.99. The summed E-state index contributed by atoms with van der Waals surface area (Å²) in [6.45, 7) is 0.211. The molecule has 25 heavy (non-hydrogen) atoms. The number of aliphatic carboxylic acids is 1. The fourth-order valence-electron chi connectivity index (χ4n) is 3.20. The van der Waals surface area contributed by atoms with Crippen LogP contribution in [0.5, 0.6) is 0 Å². The minimum absolute atomic E-state index is 0.211. The van der Waals surface area contributed by atoms with Gasteiger partial charge in [-0.2, -0.15) is 11.8 Å². The molecule has 0 amide bonds. The molecule has 2 aliphatic rings. The lowest BCUT2D eigenvalue weighted by Gasteiger charge is -2.35. The van der Waals surface area contributed by atoms with Gasteiger partial charge in [-0.25, -0.2) is 0 Å². The quantitative estimate of drug-likeness (QED) is 0.658. The van der Waals surface area contributed by atoms with Crippen molar-refractivity contribution in [1.29, 1.82) is 0 Å². The Kier molecular flexibility index (Phi) is 5.93. The van der Waals surface area contributed by atoms with E-state index in [0.717, 1.165) is 29.9 Å². The van der Waals surface area contributed by atoms with Crippen molar-refractivity contribution in [1.82, 2.24) is 5.32 Å². The van der Waals surface area contributed by atoms with Gasteiger partial charge in [-0.3, -0.25) is 14.9 Å². The van der Waals surface area contributed by atoms with Gasteiger partial charge in [0.15, 0.2) is 0 Å². The number of benzene rings is 1. The number of rotatable bonds is 5. The molecule has 3 rings (SSSR count). The molecule has 0 aromatic heterocycles. The average molecular weight is 383 g/mol. The number of carboxylic acid groups (broad SMARTS) is 1. The van der Waals surface area contributed by atoms with E-state index in [-0.39, 0.29) is 17.3 Å². The van der Waals surface area contributed by atoms with Gasteiger partial charge < -0.3 is 15.6 Å². The molecule has 1 spiro atoms. The van der Waals surface area contributed by atoms with Crippen molar-refractivity contribution in [2.45, 2.75) is 41.7 Å². The minimum atomic E-state index is -1.07. The number of esters is 1. The third kappa shape index (κ3) is 4.13. The van der Waals surface area contributed by atoms with Crippen molar-refractivity contribution in [3.8, 4) is 0 Å². The monoisotopic (exact) mass is 382 g/mol. The fraction of sp³-hybridized carbons (Fsp3) is 0.529. The molecule has 2 heterocycles. The Balaban J connectivity index is 1.71. The third-order valence-electron chi connectivity index (χ3n) is 4.63. The maximum Gasteiger partial charge on any atom is 0.324 e. The van der Waals surface area contributed by atoms with Gasteiger partial charge in [0.2, 0.25) is 0 Å². The van der Waals surface area contributed by atoms with Gasteiger partial charge >= 0.3 is 11.9 Å². The Morgan fingerprint density at radius 2 is 2.00 bits per heavy atom. The van der Waals surface area contributed by atoms with Gasteiger partial charge in [-0.1, -0.05) is 30.3 Å². The molecule has 4 N–H and O–H groups in total. The van der Waals surface area contributed by atoms with Gasteiger partial charge in [0.1, 0.15) is 18.7 Å². The van der Waals surface area contributed by atoms with Crippen LogP contribution in [0.15, 0.2) is 30.3 Å². The summed E-state index contributed by atoms with van der Waals surface area (Å²) in [7, 11) is 0. The number of carbonyl (C=O) groups excluding carboxylic acids is 1. The molecule has 8 heteroatoms. The van der Waals surface area contributed by atoms with E-state index < -0.39 is 23.4 Å². The lowest BCUT2D eigenvalue weighted by molar-refractivity contribution is -0.148. The van der Waals surface area contributed by atoms with E-state index in [4.69, 9.17) is 10.5 Å². The number of nitrogens with one attached hydrogen (secondary N) is 1. The van der Waals surface area contributed by atoms with Crippen LogP contribution in [0.25, 0.3) is 0 Å². The van der Waals surface area contributed by atoms with Crippen LogP contribution in [0.1, 0.15) is 18.4 Å². The largest absolute Gasteiger partial charge is 0.480 e. The Morgan fingerprint density at radius 3 is 2.64 bits per heavy atom. The minimum Gasteiger partial charge on any atom is -0.480 e. The third-order valence-corrected chi connectivity index (χ3v) is 7.41. The predicted molar refractivity (Wildman–Crippen MR) is 99.4 cm³/mol. The molecule has 0 radical (unpaired) electrons. The van der Waals surface area contributed by atoms with Crippen LogP contribution in [0.2, 0.25) is 0 Å². The summed E-state index contributed by atoms with van der Waals surface area (Å²) in [5.41, 5.74) is 6.72. The Morgan fingerprint density at radius 1 is 1.32 bits per heavy atom. The molecule has 0 saturated carbocycles. The normalized spacial score (nSPS) is 26.3. The van der Waals surface area contributed by atoms with E-state index in [2.05, 4.69) is 5.32 Å². The highest BCUT2D eigenvalue weighted by atomic mass is 32.2. The van der Waals surface area contributed by atoms with Crippen molar-refractivity contribution in [2.75, 3.05) is 11.5 Å². The molecular formula is C17H22N2O4S2. The number of hydrogen-bond donors (Lipinski definition) is 3. The smallest absolute Gasteiger partial charge is 0.324 e. The van der Waals surface area contributed by atoms with Gasteiger partial charge in [0.05, 0.1) is 5.37 Å². The molecule has 2 saturated heterocycles. The van der Waals surface area contributed by atoms with Crippen molar-refractivity contribution in [2.24, 2.45) is 5.73 Å². The number of ether oxygens (including phenoxy) is 1. The Hall–Kier alpha value is -1.22. The van der Waals surface area contributed by atoms with Crippen molar-refractivity contribution in [3.63, 3.8) is 0 Å². The number of carbonyl (C=O) groups is 2. The first-order valence-electron chi connectivity index (χ1n) is 8.22. The predicted octanol–water partition coefficient (Wildman–Crippen LogP) is 1.44. The van der Waals surface area contributed by atoms with Crippen molar-refractivity contribution >= 4 is 35.5 Å².